The minimum absolute atomic E-state index is 0.254. The summed E-state index contributed by atoms with van der Waals surface area (Å²) in [6.07, 6.45) is 4.19. The van der Waals surface area contributed by atoms with Gasteiger partial charge >= 0.3 is 0 Å². The highest BCUT2D eigenvalue weighted by molar-refractivity contribution is 4.78. The van der Waals surface area contributed by atoms with Crippen LogP contribution in [-0.2, 0) is 0 Å². The zero-order valence-corrected chi connectivity index (χ0v) is 12.6. The molecule has 17 heavy (non-hydrogen) atoms. The molecule has 2 atom stereocenters. The Labute approximate surface area is 108 Å². The quantitative estimate of drug-likeness (QED) is 0.767. The van der Waals surface area contributed by atoms with Crippen LogP contribution in [0.4, 0.5) is 0 Å². The Morgan fingerprint density at radius 1 is 1.35 bits per heavy atom. The van der Waals surface area contributed by atoms with Gasteiger partial charge in [0.1, 0.15) is 0 Å². The maximum Gasteiger partial charge on any atom is 0.00966 e. The van der Waals surface area contributed by atoms with Crippen LogP contribution in [0, 0.1) is 11.8 Å². The molecule has 1 rings (SSSR count). The number of rotatable bonds is 6. The van der Waals surface area contributed by atoms with Crippen molar-refractivity contribution < 1.29 is 0 Å². The van der Waals surface area contributed by atoms with Crippen LogP contribution in [0.15, 0.2) is 0 Å². The fraction of sp³-hybridized carbons (Fsp3) is 1.00. The molecule has 0 aliphatic carbocycles. The van der Waals surface area contributed by atoms with Crippen molar-refractivity contribution in [2.45, 2.75) is 59.4 Å². The van der Waals surface area contributed by atoms with Gasteiger partial charge in [-0.3, -0.25) is 0 Å². The van der Waals surface area contributed by atoms with E-state index in [0.29, 0.717) is 0 Å². The number of nitrogens with zero attached hydrogens (tertiary/aromatic N) is 1. The lowest BCUT2D eigenvalue weighted by Crippen LogP contribution is -2.41. The molecule has 2 heteroatoms. The first-order valence-electron chi connectivity index (χ1n) is 7.38. The van der Waals surface area contributed by atoms with E-state index < -0.39 is 0 Å². The first-order valence-corrected chi connectivity index (χ1v) is 7.38. The highest BCUT2D eigenvalue weighted by Gasteiger charge is 2.23. The van der Waals surface area contributed by atoms with Crippen LogP contribution in [0.3, 0.4) is 0 Å². The lowest BCUT2D eigenvalue weighted by molar-refractivity contribution is 0.259. The van der Waals surface area contributed by atoms with Gasteiger partial charge in [-0.05, 0) is 58.5 Å². The van der Waals surface area contributed by atoms with Crippen LogP contribution in [-0.4, -0.2) is 36.6 Å². The van der Waals surface area contributed by atoms with Crippen LogP contribution in [0.1, 0.15) is 53.9 Å². The molecule has 0 aromatic carbocycles. The molecule has 0 amide bonds. The van der Waals surface area contributed by atoms with Gasteiger partial charge in [0.05, 0.1) is 0 Å². The van der Waals surface area contributed by atoms with Gasteiger partial charge in [-0.25, -0.2) is 0 Å². The predicted octanol–water partition coefficient (Wildman–Crippen LogP) is 3.13. The Kier molecular flexibility index (Phi) is 5.94. The monoisotopic (exact) mass is 240 g/mol. The normalized spacial score (nSPS) is 24.2. The van der Waals surface area contributed by atoms with E-state index in [1.54, 1.807) is 0 Å². The molecule has 2 nitrogen and oxygen atoms in total. The molecule has 1 N–H and O–H groups in total. The Balaban J connectivity index is 2.17. The number of likely N-dealkylation sites (tertiary alicyclic amines) is 1. The van der Waals surface area contributed by atoms with Crippen LogP contribution in [0.25, 0.3) is 0 Å². The van der Waals surface area contributed by atoms with E-state index in [9.17, 15) is 0 Å². The van der Waals surface area contributed by atoms with Crippen LogP contribution in [0.5, 0.6) is 0 Å². The Morgan fingerprint density at radius 2 is 2.06 bits per heavy atom. The van der Waals surface area contributed by atoms with Gasteiger partial charge in [0.2, 0.25) is 0 Å². The summed E-state index contributed by atoms with van der Waals surface area (Å²) < 4.78 is 0. The van der Waals surface area contributed by atoms with Gasteiger partial charge < -0.3 is 10.2 Å². The summed E-state index contributed by atoms with van der Waals surface area (Å²) in [4.78, 5) is 2.66. The standard InChI is InChI=1S/C15H32N2/c1-6-7-14-8-9-17(12-14)11-13(2)10-16-15(3,4)5/h13-14,16H,6-12H2,1-5H3. The molecular formula is C15H32N2. The molecule has 1 fully saturated rings. The summed E-state index contributed by atoms with van der Waals surface area (Å²) in [5.74, 6) is 1.73. The minimum atomic E-state index is 0.254. The van der Waals surface area contributed by atoms with E-state index in [4.69, 9.17) is 0 Å². The lowest BCUT2D eigenvalue weighted by atomic mass is 10.0. The summed E-state index contributed by atoms with van der Waals surface area (Å²) in [7, 11) is 0. The third kappa shape index (κ3) is 6.42. The van der Waals surface area contributed by atoms with Crippen LogP contribution in [0.2, 0.25) is 0 Å². The molecule has 1 aliphatic heterocycles. The van der Waals surface area contributed by atoms with E-state index in [-0.39, 0.29) is 5.54 Å². The SMILES string of the molecule is CCCC1CCN(CC(C)CNC(C)(C)C)C1. The number of nitrogens with one attached hydrogen (secondary N) is 1. The summed E-state index contributed by atoms with van der Waals surface area (Å²) in [6.45, 7) is 16.5. The van der Waals surface area contributed by atoms with E-state index in [2.05, 4.69) is 44.8 Å². The van der Waals surface area contributed by atoms with Crippen LogP contribution < -0.4 is 5.32 Å². The first kappa shape index (κ1) is 15.0. The molecule has 0 spiro atoms. The molecule has 0 radical (unpaired) electrons. The number of hydrogen-bond donors (Lipinski definition) is 1. The Morgan fingerprint density at radius 3 is 2.65 bits per heavy atom. The fourth-order valence-electron chi connectivity index (χ4n) is 2.71. The molecule has 0 bridgehead atoms. The third-order valence-corrected chi connectivity index (χ3v) is 3.62. The van der Waals surface area contributed by atoms with E-state index >= 15 is 0 Å². The average molecular weight is 240 g/mol. The second-order valence-corrected chi connectivity index (χ2v) is 6.94. The van der Waals surface area contributed by atoms with Gasteiger partial charge in [-0.15, -0.1) is 0 Å². The Hall–Kier alpha value is -0.0800. The average Bonchev–Trinajstić information content (AvgIpc) is 2.62. The molecule has 102 valence electrons. The van der Waals surface area contributed by atoms with Crippen molar-refractivity contribution in [2.24, 2.45) is 11.8 Å². The van der Waals surface area contributed by atoms with E-state index in [1.807, 2.05) is 0 Å². The molecular weight excluding hydrogens is 208 g/mol. The minimum Gasteiger partial charge on any atom is -0.312 e. The molecule has 2 unspecified atom stereocenters. The molecule has 0 saturated carbocycles. The molecule has 1 heterocycles. The summed E-state index contributed by atoms with van der Waals surface area (Å²) in [5, 5.41) is 3.61. The van der Waals surface area contributed by atoms with Crippen molar-refractivity contribution in [3.05, 3.63) is 0 Å². The maximum atomic E-state index is 3.61. The number of hydrogen-bond acceptors (Lipinski definition) is 2. The molecule has 0 aromatic heterocycles. The fourth-order valence-corrected chi connectivity index (χ4v) is 2.71. The summed E-state index contributed by atoms with van der Waals surface area (Å²) >= 11 is 0. The molecule has 1 saturated heterocycles. The van der Waals surface area contributed by atoms with Crippen molar-refractivity contribution in [3.63, 3.8) is 0 Å². The first-order chi connectivity index (χ1) is 7.90. The van der Waals surface area contributed by atoms with E-state index in [0.717, 1.165) is 18.4 Å². The van der Waals surface area contributed by atoms with Crippen molar-refractivity contribution in [1.29, 1.82) is 0 Å². The second kappa shape index (κ2) is 6.75. The van der Waals surface area contributed by atoms with Crippen molar-refractivity contribution >= 4 is 0 Å². The van der Waals surface area contributed by atoms with Crippen LogP contribution >= 0.6 is 0 Å². The van der Waals surface area contributed by atoms with Crippen molar-refractivity contribution in [3.8, 4) is 0 Å². The smallest absolute Gasteiger partial charge is 0.00966 e. The van der Waals surface area contributed by atoms with E-state index in [1.165, 1.54) is 38.9 Å². The molecule has 1 aliphatic rings. The van der Waals surface area contributed by atoms with Gasteiger partial charge in [-0.1, -0.05) is 20.3 Å². The van der Waals surface area contributed by atoms with Gasteiger partial charge in [0.25, 0.3) is 0 Å². The van der Waals surface area contributed by atoms with Gasteiger partial charge in [0, 0.05) is 18.6 Å². The molecule has 0 aromatic rings. The second-order valence-electron chi connectivity index (χ2n) is 6.94. The highest BCUT2D eigenvalue weighted by Crippen LogP contribution is 2.21. The van der Waals surface area contributed by atoms with Gasteiger partial charge in [0.15, 0.2) is 0 Å². The largest absolute Gasteiger partial charge is 0.312 e. The van der Waals surface area contributed by atoms with Gasteiger partial charge in [-0.2, -0.15) is 0 Å². The zero-order chi connectivity index (χ0) is 12.9. The maximum absolute atomic E-state index is 3.61. The topological polar surface area (TPSA) is 15.3 Å². The zero-order valence-electron chi connectivity index (χ0n) is 12.6. The summed E-state index contributed by atoms with van der Waals surface area (Å²) in [6, 6.07) is 0. The highest BCUT2D eigenvalue weighted by atomic mass is 15.1. The summed E-state index contributed by atoms with van der Waals surface area (Å²) in [5.41, 5.74) is 0.254. The Bertz CT molecular complexity index is 207. The van der Waals surface area contributed by atoms with Crippen molar-refractivity contribution in [2.75, 3.05) is 26.2 Å². The predicted molar refractivity (Wildman–Crippen MR) is 76.4 cm³/mol. The van der Waals surface area contributed by atoms with Crippen molar-refractivity contribution in [1.82, 2.24) is 10.2 Å². The lowest BCUT2D eigenvalue weighted by Gasteiger charge is -2.26. The third-order valence-electron chi connectivity index (χ3n) is 3.62.